The number of hydrogen-bond acceptors (Lipinski definition) is 3. The predicted octanol–water partition coefficient (Wildman–Crippen LogP) is 2.49. The maximum absolute atomic E-state index is 10.3. The van der Waals surface area contributed by atoms with Gasteiger partial charge in [-0.25, -0.2) is 0 Å². The van der Waals surface area contributed by atoms with Crippen LogP contribution in [0.25, 0.3) is 0 Å². The molecule has 1 rings (SSSR count). The molecule has 0 saturated carbocycles. The second-order valence-corrected chi connectivity index (χ2v) is 3.14. The van der Waals surface area contributed by atoms with Gasteiger partial charge in [0, 0.05) is 0 Å². The van der Waals surface area contributed by atoms with E-state index < -0.39 is 4.92 Å². The van der Waals surface area contributed by atoms with Crippen LogP contribution in [0.2, 0.25) is 0 Å². The van der Waals surface area contributed by atoms with Crippen LogP contribution in [0.1, 0.15) is 5.69 Å². The van der Waals surface area contributed by atoms with Crippen LogP contribution in [0, 0.1) is 10.1 Å². The van der Waals surface area contributed by atoms with E-state index in [1.54, 1.807) is 0 Å². The SMILES string of the molecule is O=[N+]([O-])c1cnc(CCl)cc1Br. The second-order valence-electron chi connectivity index (χ2n) is 2.02. The molecule has 0 bridgehead atoms. The summed E-state index contributed by atoms with van der Waals surface area (Å²) in [7, 11) is 0. The van der Waals surface area contributed by atoms with Crippen LogP contribution in [0.15, 0.2) is 16.7 Å². The van der Waals surface area contributed by atoms with E-state index in [4.69, 9.17) is 11.6 Å². The van der Waals surface area contributed by atoms with Crippen molar-refractivity contribution in [3.63, 3.8) is 0 Å². The fourth-order valence-corrected chi connectivity index (χ4v) is 1.33. The number of rotatable bonds is 2. The average Bonchev–Trinajstić information content (AvgIpc) is 2.03. The number of halogens is 2. The first-order valence-corrected chi connectivity index (χ1v) is 4.32. The topological polar surface area (TPSA) is 56.0 Å². The van der Waals surface area contributed by atoms with Gasteiger partial charge in [-0.15, -0.1) is 11.6 Å². The first kappa shape index (κ1) is 9.41. The Morgan fingerprint density at radius 1 is 1.75 bits per heavy atom. The molecule has 0 radical (unpaired) electrons. The molecule has 0 amide bonds. The molecule has 0 N–H and O–H groups in total. The van der Waals surface area contributed by atoms with Crippen molar-refractivity contribution in [2.24, 2.45) is 0 Å². The van der Waals surface area contributed by atoms with Gasteiger partial charge in [0.2, 0.25) is 0 Å². The van der Waals surface area contributed by atoms with Crippen LogP contribution in [0.5, 0.6) is 0 Å². The molecule has 0 aliphatic carbocycles. The van der Waals surface area contributed by atoms with E-state index >= 15 is 0 Å². The molecule has 0 aromatic carbocycles. The van der Waals surface area contributed by atoms with Crippen LogP contribution >= 0.6 is 27.5 Å². The third-order valence-electron chi connectivity index (χ3n) is 1.22. The summed E-state index contributed by atoms with van der Waals surface area (Å²) in [6.45, 7) is 0. The third-order valence-corrected chi connectivity index (χ3v) is 2.13. The Hall–Kier alpha value is -0.680. The summed E-state index contributed by atoms with van der Waals surface area (Å²) in [6.07, 6.45) is 1.18. The third kappa shape index (κ3) is 1.92. The molecule has 1 aromatic rings. The van der Waals surface area contributed by atoms with E-state index in [9.17, 15) is 10.1 Å². The molecule has 6 heteroatoms. The van der Waals surface area contributed by atoms with E-state index in [2.05, 4.69) is 20.9 Å². The van der Waals surface area contributed by atoms with Crippen LogP contribution in [-0.4, -0.2) is 9.91 Å². The molecule has 0 unspecified atom stereocenters. The van der Waals surface area contributed by atoms with Gasteiger partial charge in [0.25, 0.3) is 0 Å². The van der Waals surface area contributed by atoms with Crippen molar-refractivity contribution in [2.45, 2.75) is 5.88 Å². The monoisotopic (exact) mass is 250 g/mol. The summed E-state index contributed by atoms with van der Waals surface area (Å²) in [4.78, 5) is 13.6. The summed E-state index contributed by atoms with van der Waals surface area (Å²) in [6, 6.07) is 1.53. The highest BCUT2D eigenvalue weighted by Crippen LogP contribution is 2.24. The van der Waals surface area contributed by atoms with Crippen molar-refractivity contribution in [1.82, 2.24) is 4.98 Å². The largest absolute Gasteiger partial charge is 0.301 e. The minimum atomic E-state index is -0.505. The average molecular weight is 251 g/mol. The molecule has 4 nitrogen and oxygen atoms in total. The Balaban J connectivity index is 3.12. The highest BCUT2D eigenvalue weighted by atomic mass is 79.9. The minimum Gasteiger partial charge on any atom is -0.258 e. The zero-order valence-electron chi connectivity index (χ0n) is 5.83. The van der Waals surface area contributed by atoms with E-state index in [0.29, 0.717) is 10.2 Å². The van der Waals surface area contributed by atoms with Crippen molar-refractivity contribution in [2.75, 3.05) is 0 Å². The predicted molar refractivity (Wildman–Crippen MR) is 48.1 cm³/mol. The number of alkyl halides is 1. The molecular weight excluding hydrogens is 247 g/mol. The van der Waals surface area contributed by atoms with Gasteiger partial charge in [-0.1, -0.05) is 0 Å². The minimum absolute atomic E-state index is 0.0520. The lowest BCUT2D eigenvalue weighted by atomic mass is 10.3. The normalized spacial score (nSPS) is 9.83. The smallest absolute Gasteiger partial charge is 0.258 e. The Bertz CT molecular complexity index is 318. The molecule has 0 aliphatic rings. The standard InChI is InChI=1S/C6H4BrClN2O2/c7-5-1-4(2-8)9-3-6(5)10(11)12/h1,3H,2H2. The summed E-state index contributed by atoms with van der Waals surface area (Å²) in [5.74, 6) is 0.247. The van der Waals surface area contributed by atoms with E-state index in [1.807, 2.05) is 0 Å². The molecular formula is C6H4BrClN2O2. The van der Waals surface area contributed by atoms with E-state index in [0.717, 1.165) is 0 Å². The number of hydrogen-bond donors (Lipinski definition) is 0. The lowest BCUT2D eigenvalue weighted by molar-refractivity contribution is -0.386. The van der Waals surface area contributed by atoms with Crippen molar-refractivity contribution in [3.8, 4) is 0 Å². The summed E-state index contributed by atoms with van der Waals surface area (Å²) >= 11 is 8.53. The lowest BCUT2D eigenvalue weighted by Crippen LogP contribution is -1.92. The number of aromatic nitrogens is 1. The van der Waals surface area contributed by atoms with Crippen LogP contribution in [-0.2, 0) is 5.88 Å². The Morgan fingerprint density at radius 3 is 2.83 bits per heavy atom. The highest BCUT2D eigenvalue weighted by molar-refractivity contribution is 9.10. The molecule has 12 heavy (non-hydrogen) atoms. The van der Waals surface area contributed by atoms with Crippen molar-refractivity contribution in [3.05, 3.63) is 32.5 Å². The zero-order valence-corrected chi connectivity index (χ0v) is 8.17. The molecule has 64 valence electrons. The van der Waals surface area contributed by atoms with E-state index in [-0.39, 0.29) is 11.6 Å². The van der Waals surface area contributed by atoms with Crippen molar-refractivity contribution in [1.29, 1.82) is 0 Å². The number of nitro groups is 1. The molecule has 0 saturated heterocycles. The van der Waals surface area contributed by atoms with Gasteiger partial charge in [0.1, 0.15) is 6.20 Å². The maximum atomic E-state index is 10.3. The van der Waals surface area contributed by atoms with Crippen LogP contribution in [0.3, 0.4) is 0 Å². The maximum Gasteiger partial charge on any atom is 0.301 e. The zero-order chi connectivity index (χ0) is 9.14. The Kier molecular flexibility index (Phi) is 2.99. The van der Waals surface area contributed by atoms with Crippen LogP contribution in [0.4, 0.5) is 5.69 Å². The number of nitrogens with zero attached hydrogens (tertiary/aromatic N) is 2. The number of pyridine rings is 1. The van der Waals surface area contributed by atoms with Crippen LogP contribution < -0.4 is 0 Å². The van der Waals surface area contributed by atoms with Gasteiger partial charge in [0.05, 0.1) is 21.0 Å². The Labute approximate surface area is 81.8 Å². The summed E-state index contributed by atoms with van der Waals surface area (Å²) in [5, 5.41) is 10.3. The fourth-order valence-electron chi connectivity index (χ4n) is 0.671. The lowest BCUT2D eigenvalue weighted by Gasteiger charge is -1.96. The van der Waals surface area contributed by atoms with Gasteiger partial charge in [0.15, 0.2) is 0 Å². The second kappa shape index (κ2) is 3.82. The fraction of sp³-hybridized carbons (Fsp3) is 0.167. The van der Waals surface area contributed by atoms with Crippen molar-refractivity contribution < 1.29 is 4.92 Å². The molecule has 0 atom stereocenters. The van der Waals surface area contributed by atoms with Gasteiger partial charge >= 0.3 is 5.69 Å². The molecule has 0 aliphatic heterocycles. The van der Waals surface area contributed by atoms with Crippen molar-refractivity contribution >= 4 is 33.2 Å². The first-order valence-electron chi connectivity index (χ1n) is 3.00. The van der Waals surface area contributed by atoms with Gasteiger partial charge in [-0.2, -0.15) is 0 Å². The summed E-state index contributed by atoms with van der Waals surface area (Å²) < 4.78 is 0.401. The summed E-state index contributed by atoms with van der Waals surface area (Å²) in [5.41, 5.74) is 0.554. The highest BCUT2D eigenvalue weighted by Gasteiger charge is 2.11. The molecule has 0 spiro atoms. The van der Waals surface area contributed by atoms with Gasteiger partial charge < -0.3 is 0 Å². The van der Waals surface area contributed by atoms with E-state index in [1.165, 1.54) is 12.3 Å². The molecule has 1 aromatic heterocycles. The molecule has 1 heterocycles. The quantitative estimate of drug-likeness (QED) is 0.461. The van der Waals surface area contributed by atoms with Gasteiger partial charge in [-0.05, 0) is 22.0 Å². The first-order chi connectivity index (χ1) is 5.65. The Morgan fingerprint density at radius 2 is 2.42 bits per heavy atom. The van der Waals surface area contributed by atoms with Gasteiger partial charge in [-0.3, -0.25) is 15.1 Å². The molecule has 0 fully saturated rings.